The Bertz CT molecular complexity index is 909. The van der Waals surface area contributed by atoms with E-state index in [2.05, 4.69) is 5.10 Å². The summed E-state index contributed by atoms with van der Waals surface area (Å²) in [7, 11) is 0. The lowest BCUT2D eigenvalue weighted by molar-refractivity contribution is -0.312. The maximum Gasteiger partial charge on any atom is 0.439 e. The number of hydrogen-bond donors (Lipinski definition) is 1. The van der Waals surface area contributed by atoms with E-state index in [4.69, 9.17) is 0 Å². The molecule has 0 unspecified atom stereocenters. The minimum Gasteiger partial charge on any atom is -0.362 e. The standard InChI is InChI=1S/C21H19F3N2O2/c22-21(23,24)20(28)17-8-4-5-9-18(17)25-26(20)19(27)16-12-10-15(11-13-16)14-6-2-1-3-7-14/h1-3,6-7,10-13,17,28H,4-5,8-9H2/t17-,20+/m0/s1. The Labute approximate surface area is 160 Å². The average molecular weight is 388 g/mol. The number of aliphatic hydroxyl groups is 1. The molecule has 146 valence electrons. The Morgan fingerprint density at radius 3 is 2.32 bits per heavy atom. The third kappa shape index (κ3) is 2.90. The van der Waals surface area contributed by atoms with Crippen LogP contribution in [0, 0.1) is 5.92 Å². The van der Waals surface area contributed by atoms with Crippen molar-refractivity contribution in [1.82, 2.24) is 5.01 Å². The van der Waals surface area contributed by atoms with Crippen molar-refractivity contribution in [3.63, 3.8) is 0 Å². The molecule has 0 aromatic heterocycles. The highest BCUT2D eigenvalue weighted by molar-refractivity contribution is 5.99. The van der Waals surface area contributed by atoms with Gasteiger partial charge in [0, 0.05) is 11.3 Å². The van der Waals surface area contributed by atoms with Crippen LogP contribution in [0.5, 0.6) is 0 Å². The lowest BCUT2D eigenvalue weighted by Crippen LogP contribution is -2.61. The molecule has 4 nitrogen and oxygen atoms in total. The minimum atomic E-state index is -5.00. The van der Waals surface area contributed by atoms with E-state index in [1.165, 1.54) is 12.1 Å². The molecule has 1 heterocycles. The maximum absolute atomic E-state index is 13.8. The summed E-state index contributed by atoms with van der Waals surface area (Å²) in [5, 5.41) is 14.8. The highest BCUT2D eigenvalue weighted by Gasteiger charge is 2.68. The molecule has 28 heavy (non-hydrogen) atoms. The van der Waals surface area contributed by atoms with Crippen molar-refractivity contribution in [2.45, 2.75) is 37.6 Å². The second-order valence-corrected chi connectivity index (χ2v) is 7.17. The number of hydrogen-bond acceptors (Lipinski definition) is 3. The molecule has 1 amide bonds. The number of amides is 1. The van der Waals surface area contributed by atoms with Gasteiger partial charge in [-0.3, -0.25) is 4.79 Å². The van der Waals surface area contributed by atoms with Crippen molar-refractivity contribution < 1.29 is 23.1 Å². The average Bonchev–Trinajstić information content (AvgIpc) is 3.02. The van der Waals surface area contributed by atoms with Crippen LogP contribution in [-0.2, 0) is 0 Å². The fourth-order valence-electron chi connectivity index (χ4n) is 3.98. The quantitative estimate of drug-likeness (QED) is 0.817. The molecular formula is C21H19F3N2O2. The zero-order chi connectivity index (χ0) is 19.9. The Morgan fingerprint density at radius 1 is 1.04 bits per heavy atom. The van der Waals surface area contributed by atoms with Crippen LogP contribution < -0.4 is 0 Å². The van der Waals surface area contributed by atoms with Gasteiger partial charge < -0.3 is 5.11 Å². The summed E-state index contributed by atoms with van der Waals surface area (Å²) < 4.78 is 41.4. The van der Waals surface area contributed by atoms with Crippen molar-refractivity contribution in [1.29, 1.82) is 0 Å². The highest BCUT2D eigenvalue weighted by atomic mass is 19.4. The van der Waals surface area contributed by atoms with Crippen molar-refractivity contribution >= 4 is 11.6 Å². The first-order valence-corrected chi connectivity index (χ1v) is 9.19. The Balaban J connectivity index is 1.67. The predicted octanol–water partition coefficient (Wildman–Crippen LogP) is 4.61. The third-order valence-electron chi connectivity index (χ3n) is 5.46. The van der Waals surface area contributed by atoms with Crippen molar-refractivity contribution in [2.24, 2.45) is 11.0 Å². The van der Waals surface area contributed by atoms with Gasteiger partial charge in [-0.25, -0.2) is 0 Å². The summed E-state index contributed by atoms with van der Waals surface area (Å²) in [6, 6.07) is 15.7. The molecule has 2 atom stereocenters. The van der Waals surface area contributed by atoms with Gasteiger partial charge in [0.15, 0.2) is 0 Å². The molecule has 7 heteroatoms. The second-order valence-electron chi connectivity index (χ2n) is 7.17. The van der Waals surface area contributed by atoms with Gasteiger partial charge in [0.25, 0.3) is 11.6 Å². The molecule has 2 aliphatic rings. The Hall–Kier alpha value is -2.67. The van der Waals surface area contributed by atoms with Gasteiger partial charge in [-0.05, 0) is 42.5 Å². The van der Waals surface area contributed by atoms with E-state index in [0.29, 0.717) is 19.3 Å². The van der Waals surface area contributed by atoms with Gasteiger partial charge in [-0.15, -0.1) is 0 Å². The molecule has 0 bridgehead atoms. The van der Waals surface area contributed by atoms with Crippen LogP contribution in [0.1, 0.15) is 36.0 Å². The van der Waals surface area contributed by atoms with Crippen LogP contribution in [0.3, 0.4) is 0 Å². The number of halogens is 3. The molecule has 0 radical (unpaired) electrons. The zero-order valence-corrected chi connectivity index (χ0v) is 15.0. The lowest BCUT2D eigenvalue weighted by atomic mass is 9.80. The Morgan fingerprint density at radius 2 is 1.68 bits per heavy atom. The SMILES string of the molecule is O=C(c1ccc(-c2ccccc2)cc1)N1N=C2CCCC[C@@H]2[C@@]1(O)C(F)(F)F. The van der Waals surface area contributed by atoms with Crippen molar-refractivity contribution in [2.75, 3.05) is 0 Å². The van der Waals surface area contributed by atoms with Crippen molar-refractivity contribution in [3.8, 4) is 11.1 Å². The first-order valence-electron chi connectivity index (χ1n) is 9.19. The number of nitrogens with zero attached hydrogens (tertiary/aromatic N) is 2. The molecule has 0 spiro atoms. The topological polar surface area (TPSA) is 52.9 Å². The van der Waals surface area contributed by atoms with Crippen LogP contribution in [0.15, 0.2) is 59.7 Å². The normalized spacial score (nSPS) is 24.6. The number of benzene rings is 2. The molecular weight excluding hydrogens is 369 g/mol. The fraction of sp³-hybridized carbons (Fsp3) is 0.333. The molecule has 1 aliphatic heterocycles. The Kier molecular flexibility index (Phi) is 4.50. The second kappa shape index (κ2) is 6.74. The van der Waals surface area contributed by atoms with E-state index >= 15 is 0 Å². The van der Waals surface area contributed by atoms with E-state index in [1.54, 1.807) is 12.1 Å². The number of rotatable bonds is 2. The van der Waals surface area contributed by atoms with Crippen molar-refractivity contribution in [3.05, 3.63) is 60.2 Å². The number of alkyl halides is 3. The smallest absolute Gasteiger partial charge is 0.362 e. The third-order valence-corrected chi connectivity index (χ3v) is 5.46. The van der Waals surface area contributed by atoms with Gasteiger partial charge in [-0.1, -0.05) is 48.9 Å². The number of hydrazone groups is 1. The molecule has 1 N–H and O–H groups in total. The van der Waals surface area contributed by atoms with E-state index < -0.39 is 23.7 Å². The predicted molar refractivity (Wildman–Crippen MR) is 98.4 cm³/mol. The maximum atomic E-state index is 13.8. The number of carbonyl (C=O) groups excluding carboxylic acids is 1. The zero-order valence-electron chi connectivity index (χ0n) is 15.0. The first kappa shape index (κ1) is 18.7. The molecule has 1 fully saturated rings. The van der Waals surface area contributed by atoms with E-state index in [1.807, 2.05) is 30.3 Å². The van der Waals surface area contributed by atoms with Crippen LogP contribution in [-0.4, -0.2) is 33.6 Å². The molecule has 1 saturated carbocycles. The van der Waals surface area contributed by atoms with Crippen LogP contribution in [0.4, 0.5) is 13.2 Å². The lowest BCUT2D eigenvalue weighted by Gasteiger charge is -2.38. The molecule has 2 aromatic carbocycles. The summed E-state index contributed by atoms with van der Waals surface area (Å²) in [6.45, 7) is 0. The van der Waals surface area contributed by atoms with Gasteiger partial charge in [-0.2, -0.15) is 23.3 Å². The van der Waals surface area contributed by atoms with Gasteiger partial charge in [0.05, 0.1) is 5.92 Å². The largest absolute Gasteiger partial charge is 0.439 e. The van der Waals surface area contributed by atoms with Gasteiger partial charge >= 0.3 is 6.18 Å². The van der Waals surface area contributed by atoms with Crippen LogP contribution >= 0.6 is 0 Å². The van der Waals surface area contributed by atoms with Gasteiger partial charge in [0.1, 0.15) is 0 Å². The van der Waals surface area contributed by atoms with Crippen LogP contribution in [0.2, 0.25) is 0 Å². The summed E-state index contributed by atoms with van der Waals surface area (Å²) in [4.78, 5) is 12.9. The summed E-state index contributed by atoms with van der Waals surface area (Å²) >= 11 is 0. The van der Waals surface area contributed by atoms with E-state index in [9.17, 15) is 23.1 Å². The molecule has 1 aliphatic carbocycles. The fourth-order valence-corrected chi connectivity index (χ4v) is 3.98. The monoisotopic (exact) mass is 388 g/mol. The summed E-state index contributed by atoms with van der Waals surface area (Å²) in [5.41, 5.74) is -1.23. The molecule has 0 saturated heterocycles. The minimum absolute atomic E-state index is 0.0466. The van der Waals surface area contributed by atoms with Crippen LogP contribution in [0.25, 0.3) is 11.1 Å². The summed E-state index contributed by atoms with van der Waals surface area (Å²) in [5.74, 6) is -2.16. The van der Waals surface area contributed by atoms with Gasteiger partial charge in [0.2, 0.25) is 0 Å². The number of carbonyl (C=O) groups is 1. The summed E-state index contributed by atoms with van der Waals surface area (Å²) in [6.07, 6.45) is -3.21. The number of fused-ring (bicyclic) bond motifs is 1. The highest BCUT2D eigenvalue weighted by Crippen LogP contribution is 2.48. The first-order chi connectivity index (χ1) is 13.3. The molecule has 2 aromatic rings. The van der Waals surface area contributed by atoms with E-state index in [0.717, 1.165) is 11.1 Å². The van der Waals surface area contributed by atoms with E-state index in [-0.39, 0.29) is 22.7 Å². The molecule has 4 rings (SSSR count).